The third-order valence-electron chi connectivity index (χ3n) is 5.46. The summed E-state index contributed by atoms with van der Waals surface area (Å²) in [5.74, 6) is -1.28. The van der Waals surface area contributed by atoms with Crippen LogP contribution in [0.15, 0.2) is 64.8 Å². The summed E-state index contributed by atoms with van der Waals surface area (Å²) in [5.41, 5.74) is 1.97. The Balaban J connectivity index is 1.89. The Morgan fingerprint density at radius 3 is 2.48 bits per heavy atom. The smallest absolute Gasteiger partial charge is 0.300 e. The first-order valence-electron chi connectivity index (χ1n) is 10.6. The maximum absolute atomic E-state index is 13.1. The van der Waals surface area contributed by atoms with Crippen LogP contribution in [-0.4, -0.2) is 28.0 Å². The predicted octanol–water partition coefficient (Wildman–Crippen LogP) is 5.02. The minimum atomic E-state index is -1.04. The van der Waals surface area contributed by atoms with E-state index >= 15 is 0 Å². The van der Waals surface area contributed by atoms with E-state index in [0.717, 1.165) is 16.0 Å². The second kappa shape index (κ2) is 8.50. The number of nitrogens with zero attached hydrogens (tertiary/aromatic N) is 1. The van der Waals surface area contributed by atoms with Gasteiger partial charge in [-0.15, -0.1) is 0 Å². The Kier molecular flexibility index (Phi) is 5.72. The van der Waals surface area contributed by atoms with Crippen LogP contribution in [0.2, 0.25) is 0 Å². The number of phenols is 1. The molecule has 0 spiro atoms. The largest absolute Gasteiger partial charge is 0.507 e. The summed E-state index contributed by atoms with van der Waals surface area (Å²) >= 11 is 0. The number of Topliss-reactive ketones (excluding diaryl/α,β-unsaturated/α-hetero) is 1. The number of hydrogen-bond acceptors (Lipinski definition) is 6. The highest BCUT2D eigenvalue weighted by atomic mass is 16.5. The standard InChI is InChI=1S/C26H25NO6/c1-14(2)33-20-10-8-17(13-16(20)4)24(29)22-23(21-6-5-11-32-21)27(26(31)25(22)30)18-12-15(3)7-9-19(18)28/h5-14,23,28-29H,1-4H3/b24-22-. The monoisotopic (exact) mass is 447 g/mol. The van der Waals surface area contributed by atoms with Gasteiger partial charge in [-0.1, -0.05) is 6.07 Å². The Bertz CT molecular complexity index is 1260. The molecule has 1 unspecified atom stereocenters. The van der Waals surface area contributed by atoms with Crippen LogP contribution in [0.25, 0.3) is 5.76 Å². The van der Waals surface area contributed by atoms with Crippen molar-refractivity contribution in [3.63, 3.8) is 0 Å². The highest BCUT2D eigenvalue weighted by Crippen LogP contribution is 2.45. The molecule has 1 saturated heterocycles. The molecule has 1 atom stereocenters. The van der Waals surface area contributed by atoms with Gasteiger partial charge in [0.25, 0.3) is 11.7 Å². The summed E-state index contributed by atoms with van der Waals surface area (Å²) in [5, 5.41) is 21.7. The highest BCUT2D eigenvalue weighted by molar-refractivity contribution is 6.51. The first-order valence-corrected chi connectivity index (χ1v) is 10.6. The van der Waals surface area contributed by atoms with Crippen LogP contribution in [0.4, 0.5) is 5.69 Å². The van der Waals surface area contributed by atoms with Gasteiger partial charge in [0, 0.05) is 5.56 Å². The van der Waals surface area contributed by atoms with Gasteiger partial charge >= 0.3 is 0 Å². The molecule has 170 valence electrons. The maximum atomic E-state index is 13.1. The average Bonchev–Trinajstić information content (AvgIpc) is 3.38. The lowest BCUT2D eigenvalue weighted by molar-refractivity contribution is -0.132. The lowest BCUT2D eigenvalue weighted by atomic mass is 9.98. The number of aliphatic hydroxyl groups excluding tert-OH is 1. The number of phenolic OH excluding ortho intramolecular Hbond substituents is 1. The molecule has 2 heterocycles. The number of ketones is 1. The topological polar surface area (TPSA) is 100 Å². The molecule has 2 aromatic carbocycles. The minimum Gasteiger partial charge on any atom is -0.507 e. The van der Waals surface area contributed by atoms with Crippen molar-refractivity contribution >= 4 is 23.1 Å². The summed E-state index contributed by atoms with van der Waals surface area (Å²) in [6.45, 7) is 7.48. The molecule has 1 amide bonds. The van der Waals surface area contributed by atoms with Gasteiger partial charge in [0.15, 0.2) is 0 Å². The Hall–Kier alpha value is -4.00. The number of rotatable bonds is 5. The van der Waals surface area contributed by atoms with Crippen molar-refractivity contribution in [2.24, 2.45) is 0 Å². The summed E-state index contributed by atoms with van der Waals surface area (Å²) in [6, 6.07) is 12.0. The summed E-state index contributed by atoms with van der Waals surface area (Å²) < 4.78 is 11.3. The van der Waals surface area contributed by atoms with Gasteiger partial charge in [0.2, 0.25) is 0 Å². The fourth-order valence-corrected chi connectivity index (χ4v) is 3.96. The third kappa shape index (κ3) is 3.98. The summed E-state index contributed by atoms with van der Waals surface area (Å²) in [6.07, 6.45) is 1.41. The van der Waals surface area contributed by atoms with Crippen LogP contribution in [-0.2, 0) is 9.59 Å². The number of furan rings is 1. The molecule has 7 heteroatoms. The molecule has 1 aliphatic rings. The molecule has 33 heavy (non-hydrogen) atoms. The highest BCUT2D eigenvalue weighted by Gasteiger charge is 2.49. The van der Waals surface area contributed by atoms with E-state index < -0.39 is 17.7 Å². The van der Waals surface area contributed by atoms with Gasteiger partial charge in [-0.25, -0.2) is 0 Å². The number of aryl methyl sites for hydroxylation is 2. The number of aliphatic hydroxyl groups is 1. The first-order chi connectivity index (χ1) is 15.7. The van der Waals surface area contributed by atoms with Crippen molar-refractivity contribution in [3.05, 3.63) is 82.8 Å². The number of amides is 1. The zero-order chi connectivity index (χ0) is 23.9. The van der Waals surface area contributed by atoms with Crippen molar-refractivity contribution in [2.45, 2.75) is 39.8 Å². The predicted molar refractivity (Wildman–Crippen MR) is 123 cm³/mol. The van der Waals surface area contributed by atoms with Gasteiger partial charge in [-0.3, -0.25) is 14.5 Å². The molecule has 1 aromatic heterocycles. The van der Waals surface area contributed by atoms with Crippen molar-refractivity contribution < 1.29 is 29.0 Å². The number of hydrogen-bond donors (Lipinski definition) is 2. The zero-order valence-corrected chi connectivity index (χ0v) is 18.8. The van der Waals surface area contributed by atoms with E-state index in [1.807, 2.05) is 27.7 Å². The molecule has 0 aliphatic carbocycles. The number of aromatic hydroxyl groups is 1. The SMILES string of the molecule is Cc1ccc(O)c(N2C(=O)C(=O)/C(=C(\O)c3ccc(OC(C)C)c(C)c3)C2c2ccco2)c1. The molecule has 0 radical (unpaired) electrons. The quantitative estimate of drug-likeness (QED) is 0.324. The molecule has 1 aliphatic heterocycles. The normalized spacial score (nSPS) is 17.7. The first kappa shape index (κ1) is 22.2. The van der Waals surface area contributed by atoms with E-state index in [1.54, 1.807) is 42.5 Å². The molecular formula is C26H25NO6. The maximum Gasteiger partial charge on any atom is 0.300 e. The molecule has 1 fully saturated rings. The van der Waals surface area contributed by atoms with E-state index in [2.05, 4.69) is 0 Å². The van der Waals surface area contributed by atoms with Crippen LogP contribution < -0.4 is 9.64 Å². The molecule has 0 saturated carbocycles. The van der Waals surface area contributed by atoms with E-state index in [9.17, 15) is 19.8 Å². The molecule has 3 aromatic rings. The second-order valence-corrected chi connectivity index (χ2v) is 8.32. The molecule has 7 nitrogen and oxygen atoms in total. The van der Waals surface area contributed by atoms with Crippen LogP contribution in [0.1, 0.15) is 42.3 Å². The third-order valence-corrected chi connectivity index (χ3v) is 5.46. The van der Waals surface area contributed by atoms with E-state index in [4.69, 9.17) is 9.15 Å². The van der Waals surface area contributed by atoms with E-state index in [0.29, 0.717) is 11.3 Å². The van der Waals surface area contributed by atoms with Crippen LogP contribution in [0.5, 0.6) is 11.5 Å². The van der Waals surface area contributed by atoms with Crippen molar-refractivity contribution in [1.29, 1.82) is 0 Å². The second-order valence-electron chi connectivity index (χ2n) is 8.32. The number of carbonyl (C=O) groups is 2. The fourth-order valence-electron chi connectivity index (χ4n) is 3.96. The lowest BCUT2D eigenvalue weighted by Gasteiger charge is -2.24. The molecule has 4 rings (SSSR count). The van der Waals surface area contributed by atoms with Gasteiger partial charge in [0.05, 0.1) is 23.6 Å². The van der Waals surface area contributed by atoms with Gasteiger partial charge in [-0.05, 0) is 81.3 Å². The van der Waals surface area contributed by atoms with Gasteiger partial charge < -0.3 is 19.4 Å². The molecular weight excluding hydrogens is 422 g/mol. The number of benzene rings is 2. The Morgan fingerprint density at radius 2 is 1.85 bits per heavy atom. The minimum absolute atomic E-state index is 0.0190. The van der Waals surface area contributed by atoms with Crippen LogP contribution in [0, 0.1) is 13.8 Å². The van der Waals surface area contributed by atoms with Crippen molar-refractivity contribution in [1.82, 2.24) is 0 Å². The summed E-state index contributed by atoms with van der Waals surface area (Å²) in [7, 11) is 0. The number of ether oxygens (including phenoxy) is 1. The lowest BCUT2D eigenvalue weighted by Crippen LogP contribution is -2.29. The van der Waals surface area contributed by atoms with Gasteiger partial charge in [0.1, 0.15) is 29.1 Å². The number of carbonyl (C=O) groups excluding carboxylic acids is 2. The molecule has 0 bridgehead atoms. The van der Waals surface area contributed by atoms with Crippen molar-refractivity contribution in [2.75, 3.05) is 4.90 Å². The van der Waals surface area contributed by atoms with Crippen LogP contribution in [0.3, 0.4) is 0 Å². The van der Waals surface area contributed by atoms with Gasteiger partial charge in [-0.2, -0.15) is 0 Å². The van der Waals surface area contributed by atoms with Crippen LogP contribution >= 0.6 is 0 Å². The summed E-state index contributed by atoms with van der Waals surface area (Å²) in [4.78, 5) is 27.4. The van der Waals surface area contributed by atoms with E-state index in [1.165, 1.54) is 12.3 Å². The number of anilines is 1. The zero-order valence-electron chi connectivity index (χ0n) is 18.8. The fraction of sp³-hybridized carbons (Fsp3) is 0.231. The Labute approximate surface area is 191 Å². The van der Waals surface area contributed by atoms with Crippen molar-refractivity contribution in [3.8, 4) is 11.5 Å². The molecule has 2 N–H and O–H groups in total. The average molecular weight is 447 g/mol. The Morgan fingerprint density at radius 1 is 1.09 bits per heavy atom. The van der Waals surface area contributed by atoms with E-state index in [-0.39, 0.29) is 34.6 Å².